The first-order valence-electron chi connectivity index (χ1n) is 17.5. The Labute approximate surface area is 318 Å². The van der Waals surface area contributed by atoms with Crippen LogP contribution in [0.5, 0.6) is 0 Å². The predicted octanol–water partition coefficient (Wildman–Crippen LogP) is 13.8. The molecule has 12 rings (SSSR count). The normalized spacial score (nSPS) is 12.1. The number of thiophene rings is 1. The van der Waals surface area contributed by atoms with Crippen molar-refractivity contribution < 1.29 is 8.83 Å². The SMILES string of the molecule is c1ccc2oc(-c3c(-c4cc5ccccc5s4)c(-c4occ5ccccc45)c(-c4nc5ccccc5[nH]4)c4c(-c5nc6ccccc6s5)nsc34)cc2c1. The van der Waals surface area contributed by atoms with Gasteiger partial charge < -0.3 is 13.8 Å². The maximum Gasteiger partial charge on any atom is 0.144 e. The Morgan fingerprint density at radius 2 is 1.35 bits per heavy atom. The fraction of sp³-hybridized carbons (Fsp3) is 0. The van der Waals surface area contributed by atoms with Gasteiger partial charge in [0.1, 0.15) is 33.6 Å². The molecule has 0 spiro atoms. The van der Waals surface area contributed by atoms with E-state index in [1.54, 1.807) is 22.7 Å². The zero-order valence-corrected chi connectivity index (χ0v) is 30.6. The lowest BCUT2D eigenvalue weighted by Crippen LogP contribution is -1.96. The van der Waals surface area contributed by atoms with Crippen LogP contribution in [0.25, 0.3) is 118 Å². The van der Waals surface area contributed by atoms with Gasteiger partial charge in [0.05, 0.1) is 32.2 Å². The van der Waals surface area contributed by atoms with Crippen LogP contribution in [0, 0.1) is 0 Å². The first-order valence-corrected chi connectivity index (χ1v) is 19.9. The minimum Gasteiger partial charge on any atom is -0.463 e. The van der Waals surface area contributed by atoms with E-state index in [0.29, 0.717) is 0 Å². The predicted molar refractivity (Wildman–Crippen MR) is 225 cm³/mol. The third-order valence-corrected chi connectivity index (χ3v) is 13.2. The van der Waals surface area contributed by atoms with Crippen molar-refractivity contribution in [2.45, 2.75) is 0 Å². The molecule has 0 fully saturated rings. The highest BCUT2D eigenvalue weighted by molar-refractivity contribution is 7.23. The average molecular weight is 749 g/mol. The van der Waals surface area contributed by atoms with Crippen LogP contribution in [0.3, 0.4) is 0 Å². The van der Waals surface area contributed by atoms with Gasteiger partial charge in [-0.05, 0) is 65.4 Å². The Bertz CT molecular complexity index is 3300. The van der Waals surface area contributed by atoms with Gasteiger partial charge in [0.2, 0.25) is 0 Å². The molecule has 54 heavy (non-hydrogen) atoms. The number of nitrogens with zero attached hydrogens (tertiary/aromatic N) is 3. The molecule has 254 valence electrons. The third-order valence-electron chi connectivity index (χ3n) is 10.1. The number of benzene rings is 6. The van der Waals surface area contributed by atoms with Crippen LogP contribution in [0.4, 0.5) is 0 Å². The summed E-state index contributed by atoms with van der Waals surface area (Å²) in [6.45, 7) is 0. The molecule has 0 unspecified atom stereocenters. The van der Waals surface area contributed by atoms with Crippen LogP contribution < -0.4 is 0 Å². The second-order valence-corrected chi connectivity index (χ2v) is 16.2. The summed E-state index contributed by atoms with van der Waals surface area (Å²) < 4.78 is 22.2. The molecular formula is C45H24N4O2S3. The van der Waals surface area contributed by atoms with Crippen molar-refractivity contribution in [2.75, 3.05) is 0 Å². The van der Waals surface area contributed by atoms with Crippen LogP contribution in [0.2, 0.25) is 0 Å². The smallest absolute Gasteiger partial charge is 0.144 e. The monoisotopic (exact) mass is 748 g/mol. The summed E-state index contributed by atoms with van der Waals surface area (Å²) in [6, 6.07) is 46.0. The van der Waals surface area contributed by atoms with Gasteiger partial charge in [-0.2, -0.15) is 4.37 Å². The molecule has 0 amide bonds. The summed E-state index contributed by atoms with van der Waals surface area (Å²) in [5.74, 6) is 2.26. The number of hydrogen-bond donors (Lipinski definition) is 1. The molecule has 6 aromatic heterocycles. The Kier molecular flexibility index (Phi) is 6.44. The van der Waals surface area contributed by atoms with Crippen molar-refractivity contribution in [3.63, 3.8) is 0 Å². The van der Waals surface area contributed by atoms with Gasteiger partial charge in [-0.25, -0.2) is 9.97 Å². The molecular weight excluding hydrogens is 725 g/mol. The molecule has 6 heterocycles. The van der Waals surface area contributed by atoms with E-state index >= 15 is 0 Å². The number of furan rings is 2. The lowest BCUT2D eigenvalue weighted by atomic mass is 9.87. The van der Waals surface area contributed by atoms with E-state index in [-0.39, 0.29) is 0 Å². The number of para-hydroxylation sites is 4. The first kappa shape index (κ1) is 30.1. The number of fused-ring (bicyclic) bond motifs is 6. The second kappa shape index (κ2) is 11.6. The van der Waals surface area contributed by atoms with Gasteiger partial charge in [0.15, 0.2) is 0 Å². The van der Waals surface area contributed by atoms with Crippen LogP contribution in [0.15, 0.2) is 149 Å². The van der Waals surface area contributed by atoms with E-state index in [9.17, 15) is 0 Å². The molecule has 0 saturated carbocycles. The Balaban J connectivity index is 1.33. The summed E-state index contributed by atoms with van der Waals surface area (Å²) in [6.07, 6.45) is 1.85. The van der Waals surface area contributed by atoms with Gasteiger partial charge in [0.25, 0.3) is 0 Å². The molecule has 0 aliphatic rings. The van der Waals surface area contributed by atoms with Crippen LogP contribution in [-0.2, 0) is 0 Å². The minimum absolute atomic E-state index is 0.734. The molecule has 6 nitrogen and oxygen atoms in total. The highest BCUT2D eigenvalue weighted by Crippen LogP contribution is 2.57. The third kappa shape index (κ3) is 4.46. The Hall–Kier alpha value is -6.39. The molecule has 0 aliphatic carbocycles. The molecule has 0 saturated heterocycles. The summed E-state index contributed by atoms with van der Waals surface area (Å²) in [4.78, 5) is 15.3. The molecule has 12 aromatic rings. The lowest BCUT2D eigenvalue weighted by Gasteiger charge is -2.18. The molecule has 1 N–H and O–H groups in total. The summed E-state index contributed by atoms with van der Waals surface area (Å²) in [5, 5.41) is 6.04. The van der Waals surface area contributed by atoms with Crippen molar-refractivity contribution >= 4 is 97.4 Å². The maximum atomic E-state index is 6.83. The van der Waals surface area contributed by atoms with E-state index in [1.807, 2.05) is 54.8 Å². The molecule has 6 aromatic carbocycles. The van der Waals surface area contributed by atoms with E-state index in [2.05, 4.69) is 89.9 Å². The molecule has 0 aliphatic heterocycles. The fourth-order valence-electron chi connectivity index (χ4n) is 7.71. The standard InChI is InChI=1S/C45H24N4O2S3/c1-4-14-27-26(13-1)23-50-42(27)38-37(35-22-25-12-3-9-19-33(25)52-35)36(32-21-24-11-2-8-18-31(24)51-32)43-40(39(38)44-46-28-15-5-6-16-29(28)47-44)41(49-54-43)45-48-30-17-7-10-20-34(30)53-45/h1-23H,(H,46,47). The van der Waals surface area contributed by atoms with Crippen molar-refractivity contribution in [1.82, 2.24) is 19.3 Å². The number of H-pyrrole nitrogens is 1. The number of hydrogen-bond acceptors (Lipinski definition) is 8. The van der Waals surface area contributed by atoms with Gasteiger partial charge in [-0.1, -0.05) is 84.9 Å². The molecule has 0 radical (unpaired) electrons. The number of aromatic nitrogens is 4. The van der Waals surface area contributed by atoms with Crippen molar-refractivity contribution in [2.24, 2.45) is 0 Å². The van der Waals surface area contributed by atoms with Crippen LogP contribution >= 0.6 is 34.2 Å². The van der Waals surface area contributed by atoms with Gasteiger partial charge in [0, 0.05) is 53.4 Å². The summed E-state index contributed by atoms with van der Waals surface area (Å²) >= 11 is 4.90. The van der Waals surface area contributed by atoms with Crippen LogP contribution in [0.1, 0.15) is 0 Å². The minimum atomic E-state index is 0.734. The maximum absolute atomic E-state index is 6.83. The second-order valence-electron chi connectivity index (χ2n) is 13.3. The Morgan fingerprint density at radius 3 is 2.20 bits per heavy atom. The number of rotatable bonds is 5. The molecule has 0 bridgehead atoms. The van der Waals surface area contributed by atoms with Gasteiger partial charge >= 0.3 is 0 Å². The van der Waals surface area contributed by atoms with Gasteiger partial charge in [-0.15, -0.1) is 22.7 Å². The molecule has 0 atom stereocenters. The lowest BCUT2D eigenvalue weighted by molar-refractivity contribution is 0.587. The molecule has 9 heteroatoms. The van der Waals surface area contributed by atoms with E-state index in [1.165, 1.54) is 21.6 Å². The van der Waals surface area contributed by atoms with Crippen molar-refractivity contribution in [3.05, 3.63) is 140 Å². The van der Waals surface area contributed by atoms with E-state index < -0.39 is 0 Å². The first-order chi connectivity index (χ1) is 26.7. The Morgan fingerprint density at radius 1 is 0.593 bits per heavy atom. The number of nitrogens with one attached hydrogen (secondary N) is 1. The highest BCUT2D eigenvalue weighted by atomic mass is 32.1. The summed E-state index contributed by atoms with van der Waals surface area (Å²) in [5.41, 5.74) is 8.22. The number of imidazole rings is 1. The van der Waals surface area contributed by atoms with Crippen molar-refractivity contribution in [3.8, 4) is 55.2 Å². The largest absolute Gasteiger partial charge is 0.463 e. The van der Waals surface area contributed by atoms with E-state index in [0.717, 1.165) is 108 Å². The van der Waals surface area contributed by atoms with Crippen molar-refractivity contribution in [1.29, 1.82) is 0 Å². The highest BCUT2D eigenvalue weighted by Gasteiger charge is 2.33. The summed E-state index contributed by atoms with van der Waals surface area (Å²) in [7, 11) is 0. The zero-order valence-electron chi connectivity index (χ0n) is 28.2. The van der Waals surface area contributed by atoms with E-state index in [4.69, 9.17) is 23.2 Å². The average Bonchev–Trinajstić information content (AvgIpc) is 4.06. The number of aromatic amines is 1. The zero-order chi connectivity index (χ0) is 35.3. The topological polar surface area (TPSA) is 80.7 Å². The fourth-order valence-corrected chi connectivity index (χ4v) is 10.8. The van der Waals surface area contributed by atoms with Crippen LogP contribution in [-0.4, -0.2) is 19.3 Å². The number of thiazole rings is 1. The van der Waals surface area contributed by atoms with Gasteiger partial charge in [-0.3, -0.25) is 0 Å². The quantitative estimate of drug-likeness (QED) is 0.190.